The molecule has 4 aromatic rings. The Morgan fingerprint density at radius 1 is 1.05 bits per heavy atom. The van der Waals surface area contributed by atoms with Gasteiger partial charge in [0.2, 0.25) is 0 Å². The fourth-order valence-electron chi connectivity index (χ4n) is 6.05. The molecule has 39 heavy (non-hydrogen) atoms. The average molecular weight is 530 g/mol. The topological polar surface area (TPSA) is 88.2 Å². The summed E-state index contributed by atoms with van der Waals surface area (Å²) < 4.78 is 27.9. The highest BCUT2D eigenvalue weighted by molar-refractivity contribution is 6.04. The summed E-state index contributed by atoms with van der Waals surface area (Å²) in [6, 6.07) is 18.7. The average Bonchev–Trinajstić information content (AvgIpc) is 3.31. The molecule has 0 bridgehead atoms. The van der Waals surface area contributed by atoms with Gasteiger partial charge in [0.15, 0.2) is 0 Å². The fourth-order valence-corrected chi connectivity index (χ4v) is 6.05. The van der Waals surface area contributed by atoms with Gasteiger partial charge >= 0.3 is 5.97 Å². The van der Waals surface area contributed by atoms with Gasteiger partial charge < -0.3 is 16.2 Å². The maximum absolute atomic E-state index is 14.0. The standard InChI is InChI=1S/C32H33F2N3O2/c1-2-19-6-5-7-20(12-19)17-36-18-26(27(35)15-21-13-22(33)16-23(34)14-21)24-10-11-29-30(24)31(32(38)39)25-8-3-4-9-28(25)37-29/h3-9,12-14,16,24,26-27,36H,2,10-11,15,17-18,35H2,1H3,(H,38,39)/t24-,26?,27+/m1/s1. The van der Waals surface area contributed by atoms with Crippen LogP contribution in [0.5, 0.6) is 0 Å². The van der Waals surface area contributed by atoms with Gasteiger partial charge in [-0.2, -0.15) is 0 Å². The molecule has 3 aromatic carbocycles. The monoisotopic (exact) mass is 529 g/mol. The van der Waals surface area contributed by atoms with E-state index < -0.39 is 23.6 Å². The van der Waals surface area contributed by atoms with E-state index in [1.165, 1.54) is 17.7 Å². The molecule has 1 unspecified atom stereocenters. The van der Waals surface area contributed by atoms with Crippen LogP contribution in [-0.2, 0) is 25.8 Å². The number of benzene rings is 3. The van der Waals surface area contributed by atoms with Gasteiger partial charge in [0.1, 0.15) is 11.6 Å². The van der Waals surface area contributed by atoms with Crippen molar-refractivity contribution in [1.82, 2.24) is 10.3 Å². The number of fused-ring (bicyclic) bond motifs is 2. The van der Waals surface area contributed by atoms with Crippen LogP contribution in [0.15, 0.2) is 66.7 Å². The number of nitrogens with two attached hydrogens (primary N) is 1. The second-order valence-corrected chi connectivity index (χ2v) is 10.4. The summed E-state index contributed by atoms with van der Waals surface area (Å²) in [5.74, 6) is -2.62. The minimum absolute atomic E-state index is 0.161. The van der Waals surface area contributed by atoms with E-state index in [1.807, 2.05) is 24.3 Å². The van der Waals surface area contributed by atoms with Crippen molar-refractivity contribution in [2.75, 3.05) is 6.54 Å². The number of carboxylic acids is 1. The number of aromatic nitrogens is 1. The van der Waals surface area contributed by atoms with E-state index in [1.54, 1.807) is 6.07 Å². The number of aryl methyl sites for hydroxylation is 2. The number of hydrogen-bond acceptors (Lipinski definition) is 4. The molecule has 4 N–H and O–H groups in total. The molecule has 5 nitrogen and oxygen atoms in total. The van der Waals surface area contributed by atoms with Gasteiger partial charge in [-0.25, -0.2) is 13.6 Å². The lowest BCUT2D eigenvalue weighted by molar-refractivity contribution is 0.0696. The third-order valence-corrected chi connectivity index (χ3v) is 7.86. The first-order valence-corrected chi connectivity index (χ1v) is 13.5. The SMILES string of the molecule is CCc1cccc(CNCC([C@@H](N)Cc2cc(F)cc(F)c2)[C@H]2CCc3nc4ccccc4c(C(=O)O)c32)c1. The molecule has 0 spiro atoms. The number of nitrogens with one attached hydrogen (secondary N) is 1. The first-order valence-electron chi connectivity index (χ1n) is 13.5. The summed E-state index contributed by atoms with van der Waals surface area (Å²) in [4.78, 5) is 17.4. The quantitative estimate of drug-likeness (QED) is 0.242. The summed E-state index contributed by atoms with van der Waals surface area (Å²) >= 11 is 0. The molecule has 0 fully saturated rings. The Kier molecular flexibility index (Phi) is 8.00. The van der Waals surface area contributed by atoms with E-state index in [4.69, 9.17) is 10.7 Å². The maximum Gasteiger partial charge on any atom is 0.336 e. The van der Waals surface area contributed by atoms with Crippen LogP contribution in [0.1, 0.15) is 57.6 Å². The number of rotatable bonds is 10. The van der Waals surface area contributed by atoms with Crippen molar-refractivity contribution in [2.24, 2.45) is 11.7 Å². The van der Waals surface area contributed by atoms with Gasteiger partial charge in [-0.3, -0.25) is 4.98 Å². The molecule has 3 atom stereocenters. The third kappa shape index (κ3) is 5.84. The van der Waals surface area contributed by atoms with E-state index in [2.05, 4.69) is 30.4 Å². The molecule has 7 heteroatoms. The Morgan fingerprint density at radius 3 is 2.54 bits per heavy atom. The predicted octanol–water partition coefficient (Wildman–Crippen LogP) is 5.78. The molecule has 1 aromatic heterocycles. The molecule has 0 saturated carbocycles. The van der Waals surface area contributed by atoms with Gasteiger partial charge in [-0.15, -0.1) is 0 Å². The molecule has 0 saturated heterocycles. The summed E-state index contributed by atoms with van der Waals surface area (Å²) in [6.07, 6.45) is 2.58. The number of pyridine rings is 1. The second-order valence-electron chi connectivity index (χ2n) is 10.4. The van der Waals surface area contributed by atoms with Crippen molar-refractivity contribution >= 4 is 16.9 Å². The Bertz CT molecular complexity index is 1490. The van der Waals surface area contributed by atoms with Gasteiger partial charge in [-0.1, -0.05) is 49.4 Å². The summed E-state index contributed by atoms with van der Waals surface area (Å²) in [5.41, 5.74) is 12.2. The molecule has 1 aliphatic rings. The predicted molar refractivity (Wildman–Crippen MR) is 149 cm³/mol. The van der Waals surface area contributed by atoms with Crippen LogP contribution in [-0.4, -0.2) is 28.6 Å². The second kappa shape index (κ2) is 11.6. The van der Waals surface area contributed by atoms with Crippen LogP contribution in [0.4, 0.5) is 8.78 Å². The number of aromatic carboxylic acids is 1. The zero-order chi connectivity index (χ0) is 27.5. The molecule has 1 aliphatic carbocycles. The van der Waals surface area contributed by atoms with Crippen LogP contribution < -0.4 is 11.1 Å². The molecule has 0 amide bonds. The van der Waals surface area contributed by atoms with E-state index in [0.29, 0.717) is 42.4 Å². The van der Waals surface area contributed by atoms with Crippen LogP contribution in [0, 0.1) is 17.6 Å². The molecule has 0 radical (unpaired) electrons. The third-order valence-electron chi connectivity index (χ3n) is 7.86. The Labute approximate surface area is 227 Å². The van der Waals surface area contributed by atoms with Crippen molar-refractivity contribution in [3.05, 3.63) is 112 Å². The van der Waals surface area contributed by atoms with Crippen LogP contribution in [0.2, 0.25) is 0 Å². The first kappa shape index (κ1) is 26.9. The van der Waals surface area contributed by atoms with Crippen molar-refractivity contribution in [3.63, 3.8) is 0 Å². The first-order chi connectivity index (χ1) is 18.8. The van der Waals surface area contributed by atoms with Crippen LogP contribution in [0.25, 0.3) is 10.9 Å². The van der Waals surface area contributed by atoms with Crippen LogP contribution >= 0.6 is 0 Å². The molecule has 5 rings (SSSR count). The highest BCUT2D eigenvalue weighted by Gasteiger charge is 2.38. The lowest BCUT2D eigenvalue weighted by Crippen LogP contribution is -2.42. The number of para-hydroxylation sites is 1. The molecule has 0 aliphatic heterocycles. The van der Waals surface area contributed by atoms with Crippen molar-refractivity contribution in [3.8, 4) is 0 Å². The number of nitrogens with zero attached hydrogens (tertiary/aromatic N) is 1. The van der Waals surface area contributed by atoms with Crippen molar-refractivity contribution in [1.29, 1.82) is 0 Å². The van der Waals surface area contributed by atoms with Gasteiger partial charge in [0.05, 0.1) is 11.1 Å². The molecule has 202 valence electrons. The summed E-state index contributed by atoms with van der Waals surface area (Å²) in [6.45, 7) is 3.27. The van der Waals surface area contributed by atoms with E-state index >= 15 is 0 Å². The highest BCUT2D eigenvalue weighted by atomic mass is 19.1. The zero-order valence-electron chi connectivity index (χ0n) is 22.0. The molecular weight excluding hydrogens is 496 g/mol. The summed E-state index contributed by atoms with van der Waals surface area (Å²) in [7, 11) is 0. The maximum atomic E-state index is 14.0. The number of carbonyl (C=O) groups is 1. The number of carboxylic acid groups (broad SMARTS) is 1. The molecule has 1 heterocycles. The normalized spacial score (nSPS) is 16.3. The number of halogens is 2. The Hall–Kier alpha value is -3.68. The molecular formula is C32H33F2N3O2. The largest absolute Gasteiger partial charge is 0.478 e. The fraction of sp³-hybridized carbons (Fsp3) is 0.312. The van der Waals surface area contributed by atoms with E-state index in [0.717, 1.165) is 29.3 Å². The number of hydrogen-bond donors (Lipinski definition) is 3. The summed E-state index contributed by atoms with van der Waals surface area (Å²) in [5, 5.41) is 14.4. The van der Waals surface area contributed by atoms with Gasteiger partial charge in [0.25, 0.3) is 0 Å². The lowest BCUT2D eigenvalue weighted by atomic mass is 9.78. The van der Waals surface area contributed by atoms with Crippen molar-refractivity contribution < 1.29 is 18.7 Å². The van der Waals surface area contributed by atoms with E-state index in [9.17, 15) is 18.7 Å². The van der Waals surface area contributed by atoms with Gasteiger partial charge in [-0.05, 0) is 78.0 Å². The smallest absolute Gasteiger partial charge is 0.336 e. The minimum Gasteiger partial charge on any atom is -0.478 e. The van der Waals surface area contributed by atoms with E-state index in [-0.39, 0.29) is 23.8 Å². The Morgan fingerprint density at radius 2 is 1.79 bits per heavy atom. The lowest BCUT2D eigenvalue weighted by Gasteiger charge is -2.31. The minimum atomic E-state index is -0.986. The van der Waals surface area contributed by atoms with Crippen molar-refractivity contribution in [2.45, 2.75) is 51.1 Å². The van der Waals surface area contributed by atoms with Crippen LogP contribution in [0.3, 0.4) is 0 Å². The highest BCUT2D eigenvalue weighted by Crippen LogP contribution is 2.43. The zero-order valence-corrected chi connectivity index (χ0v) is 22.0. The Balaban J connectivity index is 1.49. The van der Waals surface area contributed by atoms with Gasteiger partial charge in [0, 0.05) is 36.3 Å².